The van der Waals surface area contributed by atoms with Crippen LogP contribution in [0, 0.1) is 5.82 Å². The molecule has 2 amide bonds. The van der Waals surface area contributed by atoms with Crippen molar-refractivity contribution in [3.63, 3.8) is 0 Å². The molecule has 0 aliphatic heterocycles. The highest BCUT2D eigenvalue weighted by Gasteiger charge is 2.34. The van der Waals surface area contributed by atoms with Gasteiger partial charge in [0.2, 0.25) is 0 Å². The molecule has 0 aliphatic carbocycles. The van der Waals surface area contributed by atoms with Crippen LogP contribution in [0.15, 0.2) is 35.7 Å². The summed E-state index contributed by atoms with van der Waals surface area (Å²) in [6.45, 7) is -0.00482. The van der Waals surface area contributed by atoms with Gasteiger partial charge in [0.15, 0.2) is 0 Å². The number of carbonyl (C=O) groups excluding carboxylic acids is 2. The summed E-state index contributed by atoms with van der Waals surface area (Å²) >= 11 is 1.10. The fraction of sp³-hybridized carbons (Fsp3) is 0.167. The number of rotatable bonds is 6. The van der Waals surface area contributed by atoms with Gasteiger partial charge in [0.25, 0.3) is 11.8 Å². The van der Waals surface area contributed by atoms with Crippen molar-refractivity contribution in [3.8, 4) is 11.3 Å². The van der Waals surface area contributed by atoms with Gasteiger partial charge in [-0.25, -0.2) is 9.37 Å². The van der Waals surface area contributed by atoms with Crippen molar-refractivity contribution >= 4 is 23.2 Å². The van der Waals surface area contributed by atoms with Gasteiger partial charge in [0.1, 0.15) is 22.2 Å². The minimum Gasteiger partial charge on any atom is -0.364 e. The molecule has 0 spiro atoms. The molecule has 12 heteroatoms. The van der Waals surface area contributed by atoms with E-state index in [9.17, 15) is 27.2 Å². The van der Waals surface area contributed by atoms with Crippen molar-refractivity contribution in [2.45, 2.75) is 12.2 Å². The van der Waals surface area contributed by atoms with Crippen molar-refractivity contribution in [1.82, 2.24) is 15.3 Å². The van der Waals surface area contributed by atoms with Gasteiger partial charge in [-0.05, 0) is 24.3 Å². The average molecular weight is 441 g/mol. The van der Waals surface area contributed by atoms with E-state index in [0.717, 1.165) is 23.5 Å². The van der Waals surface area contributed by atoms with Gasteiger partial charge in [-0.1, -0.05) is 6.07 Å². The number of nitrogens with two attached hydrogens (primary N) is 2. The highest BCUT2D eigenvalue weighted by Crippen LogP contribution is 2.33. The number of thiazole rings is 1. The zero-order valence-electron chi connectivity index (χ0n) is 15.1. The van der Waals surface area contributed by atoms with E-state index >= 15 is 0 Å². The number of amides is 2. The zero-order valence-corrected chi connectivity index (χ0v) is 15.9. The summed E-state index contributed by atoms with van der Waals surface area (Å²) in [5, 5.41) is 4.46. The topological polar surface area (TPSA) is 127 Å². The molecule has 0 radical (unpaired) electrons. The van der Waals surface area contributed by atoms with E-state index in [1.165, 1.54) is 17.5 Å². The van der Waals surface area contributed by atoms with E-state index in [2.05, 4.69) is 15.3 Å². The second kappa shape index (κ2) is 8.24. The quantitative estimate of drug-likeness (QED) is 0.439. The van der Waals surface area contributed by atoms with Crippen LogP contribution < -0.4 is 16.8 Å². The van der Waals surface area contributed by atoms with Gasteiger partial charge in [0, 0.05) is 23.2 Å². The molecule has 6 N–H and O–H groups in total. The Kier molecular flexibility index (Phi) is 5.89. The number of benzene rings is 1. The third-order valence-electron chi connectivity index (χ3n) is 4.13. The lowest BCUT2D eigenvalue weighted by Crippen LogP contribution is -2.33. The van der Waals surface area contributed by atoms with Crippen LogP contribution in [0.1, 0.15) is 37.6 Å². The maximum Gasteiger partial charge on any atom is 0.419 e. The predicted octanol–water partition coefficient (Wildman–Crippen LogP) is 2.82. The number of aromatic nitrogens is 2. The molecular formula is C18H15F4N5O2S. The Balaban J connectivity index is 1.77. The van der Waals surface area contributed by atoms with Crippen molar-refractivity contribution < 1.29 is 27.2 Å². The molecular weight excluding hydrogens is 426 g/mol. The molecule has 158 valence electrons. The van der Waals surface area contributed by atoms with Gasteiger partial charge in [-0.3, -0.25) is 9.59 Å². The molecule has 30 heavy (non-hydrogen) atoms. The number of halogens is 4. The zero-order chi connectivity index (χ0) is 22.1. The third kappa shape index (κ3) is 4.49. The van der Waals surface area contributed by atoms with Crippen molar-refractivity contribution in [2.24, 2.45) is 11.5 Å². The molecule has 2 heterocycles. The summed E-state index contributed by atoms with van der Waals surface area (Å²) in [4.78, 5) is 30.4. The number of alkyl halides is 3. The Morgan fingerprint density at radius 3 is 2.53 bits per heavy atom. The van der Waals surface area contributed by atoms with E-state index in [1.54, 1.807) is 0 Å². The van der Waals surface area contributed by atoms with Gasteiger partial charge in [0.05, 0.1) is 11.6 Å². The largest absolute Gasteiger partial charge is 0.419 e. The Bertz CT molecular complexity index is 1090. The second-order valence-corrected chi connectivity index (χ2v) is 7.06. The van der Waals surface area contributed by atoms with E-state index in [-0.39, 0.29) is 29.2 Å². The number of hydrogen-bond acceptors (Lipinski definition) is 5. The summed E-state index contributed by atoms with van der Waals surface area (Å²) in [5.41, 5.74) is 9.97. The number of H-pyrrole nitrogens is 1. The number of aromatic amines is 1. The lowest BCUT2D eigenvalue weighted by Gasteiger charge is -2.13. The standard InChI is InChI=1S/C18H15F4N5O2S/c19-10-5-8(1-2-9(10)18(20,21)22)11-3-4-12(25-11)16(29)26-13(6-23)17-27-14(7-30-17)15(24)28/h1-5,7,13,25H,6,23H2,(H2,24,28)(H,26,29). The summed E-state index contributed by atoms with van der Waals surface area (Å²) in [6.07, 6.45) is -4.80. The third-order valence-corrected chi connectivity index (χ3v) is 5.09. The van der Waals surface area contributed by atoms with E-state index in [0.29, 0.717) is 11.1 Å². The monoisotopic (exact) mass is 441 g/mol. The Morgan fingerprint density at radius 2 is 1.97 bits per heavy atom. The van der Waals surface area contributed by atoms with Gasteiger partial charge < -0.3 is 21.8 Å². The molecule has 0 bridgehead atoms. The van der Waals surface area contributed by atoms with Crippen molar-refractivity contribution in [3.05, 3.63) is 63.5 Å². The van der Waals surface area contributed by atoms with E-state index < -0.39 is 35.4 Å². The van der Waals surface area contributed by atoms with Crippen LogP contribution in [0.3, 0.4) is 0 Å². The molecule has 1 unspecified atom stereocenters. The fourth-order valence-electron chi connectivity index (χ4n) is 2.63. The number of nitrogens with one attached hydrogen (secondary N) is 2. The van der Waals surface area contributed by atoms with E-state index in [4.69, 9.17) is 11.5 Å². The summed E-state index contributed by atoms with van der Waals surface area (Å²) in [5.74, 6) is -2.70. The van der Waals surface area contributed by atoms with E-state index in [1.807, 2.05) is 0 Å². The van der Waals surface area contributed by atoms with Crippen LogP contribution in [0.25, 0.3) is 11.3 Å². The SMILES string of the molecule is NCC(NC(=O)c1ccc(-c2ccc(C(F)(F)F)c(F)c2)[nH]1)c1nc(C(N)=O)cs1. The molecule has 0 fully saturated rings. The highest BCUT2D eigenvalue weighted by molar-refractivity contribution is 7.09. The fourth-order valence-corrected chi connectivity index (χ4v) is 3.50. The Morgan fingerprint density at radius 1 is 1.23 bits per heavy atom. The first kappa shape index (κ1) is 21.5. The molecule has 3 aromatic rings. The first-order valence-corrected chi connectivity index (χ1v) is 9.30. The number of carbonyl (C=O) groups is 2. The average Bonchev–Trinajstić information content (AvgIpc) is 3.34. The van der Waals surface area contributed by atoms with Crippen molar-refractivity contribution in [2.75, 3.05) is 6.54 Å². The molecule has 1 atom stereocenters. The first-order chi connectivity index (χ1) is 14.1. The van der Waals surface area contributed by atoms with Crippen LogP contribution in [0.4, 0.5) is 17.6 Å². The lowest BCUT2D eigenvalue weighted by atomic mass is 10.1. The van der Waals surface area contributed by atoms with Crippen molar-refractivity contribution in [1.29, 1.82) is 0 Å². The Labute approximate surface area is 171 Å². The first-order valence-electron chi connectivity index (χ1n) is 8.42. The molecule has 1 aromatic carbocycles. The molecule has 7 nitrogen and oxygen atoms in total. The van der Waals surface area contributed by atoms with Gasteiger partial charge >= 0.3 is 6.18 Å². The normalized spacial score (nSPS) is 12.6. The molecule has 0 saturated carbocycles. The number of nitrogens with zero attached hydrogens (tertiary/aromatic N) is 1. The summed E-state index contributed by atoms with van der Waals surface area (Å²) in [7, 11) is 0. The number of primary amides is 1. The van der Waals surface area contributed by atoms with Crippen LogP contribution in [0.2, 0.25) is 0 Å². The molecule has 0 aliphatic rings. The molecule has 2 aromatic heterocycles. The number of hydrogen-bond donors (Lipinski definition) is 4. The lowest BCUT2D eigenvalue weighted by molar-refractivity contribution is -0.139. The minimum absolute atomic E-state index is 0.00482. The predicted molar refractivity (Wildman–Crippen MR) is 101 cm³/mol. The van der Waals surface area contributed by atoms with Gasteiger partial charge in [-0.2, -0.15) is 13.2 Å². The van der Waals surface area contributed by atoms with Crippen LogP contribution in [0.5, 0.6) is 0 Å². The van der Waals surface area contributed by atoms with Crippen LogP contribution in [-0.4, -0.2) is 28.3 Å². The summed E-state index contributed by atoms with van der Waals surface area (Å²) < 4.78 is 51.9. The molecule has 3 rings (SSSR count). The minimum atomic E-state index is -4.80. The maximum absolute atomic E-state index is 13.8. The maximum atomic E-state index is 13.8. The smallest absolute Gasteiger partial charge is 0.364 e. The van der Waals surface area contributed by atoms with Gasteiger partial charge in [-0.15, -0.1) is 11.3 Å². The van der Waals surface area contributed by atoms with Crippen LogP contribution >= 0.6 is 11.3 Å². The summed E-state index contributed by atoms with van der Waals surface area (Å²) in [6, 6.07) is 4.61. The Hall–Kier alpha value is -3.25. The second-order valence-electron chi connectivity index (χ2n) is 6.18. The molecule has 0 saturated heterocycles. The highest BCUT2D eigenvalue weighted by atomic mass is 32.1. The van der Waals surface area contributed by atoms with Crippen LogP contribution in [-0.2, 0) is 6.18 Å².